The van der Waals surface area contributed by atoms with Crippen LogP contribution in [0.2, 0.25) is 5.02 Å². The van der Waals surface area contributed by atoms with Gasteiger partial charge in [-0.15, -0.1) is 0 Å². The molecule has 0 aliphatic carbocycles. The molecule has 3 aromatic rings. The summed E-state index contributed by atoms with van der Waals surface area (Å²) in [5, 5.41) is 14.7. The Morgan fingerprint density at radius 1 is 1.38 bits per heavy atom. The quantitative estimate of drug-likeness (QED) is 0.690. The van der Waals surface area contributed by atoms with Gasteiger partial charge in [0.1, 0.15) is 5.76 Å². The van der Waals surface area contributed by atoms with Crippen LogP contribution >= 0.6 is 11.6 Å². The number of carbonyl (C=O) groups excluding carboxylic acids is 1. The zero-order valence-electron chi connectivity index (χ0n) is 15.1. The van der Waals surface area contributed by atoms with Crippen molar-refractivity contribution in [2.24, 2.45) is 0 Å². The highest BCUT2D eigenvalue weighted by Gasteiger charge is 2.15. The van der Waals surface area contributed by atoms with E-state index in [1.165, 1.54) is 0 Å². The topological polar surface area (TPSA) is 92.0 Å². The predicted molar refractivity (Wildman–Crippen MR) is 98.5 cm³/mol. The molecule has 0 fully saturated rings. The molecule has 2 N–H and O–H groups in total. The predicted octanol–water partition coefficient (Wildman–Crippen LogP) is 2.83. The normalized spacial score (nSPS) is 11.3. The Morgan fingerprint density at radius 3 is 2.81 bits per heavy atom. The van der Waals surface area contributed by atoms with E-state index in [4.69, 9.17) is 16.0 Å². The molecule has 0 aliphatic heterocycles. The number of carbonyl (C=O) groups is 1. The first-order valence-electron chi connectivity index (χ1n) is 8.12. The zero-order chi connectivity index (χ0) is 18.8. The van der Waals surface area contributed by atoms with Gasteiger partial charge in [0.25, 0.3) is 5.91 Å². The molecule has 0 spiro atoms. The van der Waals surface area contributed by atoms with Crippen molar-refractivity contribution >= 4 is 23.3 Å². The van der Waals surface area contributed by atoms with Gasteiger partial charge in [-0.2, -0.15) is 10.2 Å². The van der Waals surface area contributed by atoms with Crippen LogP contribution in [0.4, 0.5) is 5.82 Å². The van der Waals surface area contributed by atoms with E-state index in [1.807, 2.05) is 32.8 Å². The molecule has 1 amide bonds. The Kier molecular flexibility index (Phi) is 5.15. The fourth-order valence-corrected chi connectivity index (χ4v) is 2.72. The highest BCUT2D eigenvalue weighted by Crippen LogP contribution is 2.20. The third-order valence-electron chi connectivity index (χ3n) is 3.84. The molecule has 3 rings (SSSR count). The molecule has 138 valence electrons. The lowest BCUT2D eigenvalue weighted by atomic mass is 10.3. The molecule has 9 heteroatoms. The number of aryl methyl sites for hydroxylation is 1. The molecule has 0 saturated carbocycles. The summed E-state index contributed by atoms with van der Waals surface area (Å²) in [6, 6.07) is 5.17. The van der Waals surface area contributed by atoms with Crippen molar-refractivity contribution in [1.29, 1.82) is 0 Å². The summed E-state index contributed by atoms with van der Waals surface area (Å²) < 4.78 is 7.38. The molecule has 26 heavy (non-hydrogen) atoms. The van der Waals surface area contributed by atoms with Crippen LogP contribution in [0.3, 0.4) is 0 Å². The van der Waals surface area contributed by atoms with Crippen molar-refractivity contribution < 1.29 is 9.21 Å². The molecule has 0 atom stereocenters. The number of nitrogens with one attached hydrogen (secondary N) is 2. The van der Waals surface area contributed by atoms with Crippen molar-refractivity contribution in [1.82, 2.24) is 24.9 Å². The maximum absolute atomic E-state index is 12.3. The van der Waals surface area contributed by atoms with Crippen molar-refractivity contribution in [2.45, 2.75) is 26.9 Å². The van der Waals surface area contributed by atoms with Gasteiger partial charge in [-0.3, -0.25) is 14.6 Å². The number of hydrogen-bond acceptors (Lipinski definition) is 5. The van der Waals surface area contributed by atoms with Crippen molar-refractivity contribution in [3.8, 4) is 0 Å². The van der Waals surface area contributed by atoms with E-state index in [9.17, 15) is 4.79 Å². The van der Waals surface area contributed by atoms with Crippen molar-refractivity contribution in [3.63, 3.8) is 0 Å². The Hall–Kier alpha value is -2.58. The molecule has 3 aromatic heterocycles. The average Bonchev–Trinajstić information content (AvgIpc) is 3.26. The highest BCUT2D eigenvalue weighted by atomic mass is 35.5. The maximum atomic E-state index is 12.3. The fraction of sp³-hybridized carbons (Fsp3) is 0.353. The minimum Gasteiger partial charge on any atom is -0.454 e. The molecule has 0 saturated heterocycles. The number of furan rings is 1. The van der Waals surface area contributed by atoms with E-state index < -0.39 is 0 Å². The number of aromatic amines is 1. The summed E-state index contributed by atoms with van der Waals surface area (Å²) in [4.78, 5) is 14.3. The van der Waals surface area contributed by atoms with E-state index in [0.717, 1.165) is 17.1 Å². The van der Waals surface area contributed by atoms with Gasteiger partial charge in [0, 0.05) is 12.6 Å². The molecule has 0 bridgehead atoms. The number of hydrogen-bond donors (Lipinski definition) is 2. The van der Waals surface area contributed by atoms with E-state index in [-0.39, 0.29) is 11.7 Å². The van der Waals surface area contributed by atoms with Crippen LogP contribution in [0.25, 0.3) is 0 Å². The third kappa shape index (κ3) is 3.97. The second-order valence-electron chi connectivity index (χ2n) is 6.38. The van der Waals surface area contributed by atoms with Gasteiger partial charge in [-0.1, -0.05) is 11.6 Å². The monoisotopic (exact) mass is 376 g/mol. The van der Waals surface area contributed by atoms with Gasteiger partial charge in [-0.25, -0.2) is 0 Å². The van der Waals surface area contributed by atoms with Gasteiger partial charge >= 0.3 is 0 Å². The van der Waals surface area contributed by atoms with Gasteiger partial charge < -0.3 is 14.6 Å². The number of rotatable bonds is 6. The first-order valence-corrected chi connectivity index (χ1v) is 8.50. The number of halogens is 1. The summed E-state index contributed by atoms with van der Waals surface area (Å²) in [5.74, 6) is 0.929. The summed E-state index contributed by atoms with van der Waals surface area (Å²) >= 11 is 6.15. The van der Waals surface area contributed by atoms with Gasteiger partial charge in [0.2, 0.25) is 0 Å². The highest BCUT2D eigenvalue weighted by molar-refractivity contribution is 6.31. The molecule has 8 nitrogen and oxygen atoms in total. The standard InChI is InChI=1S/C17H21ClN6O2/c1-10-16(18)11(2)24(22-10)9-13-5-6-14(26-13)17(25)19-15-7-12(20-21-15)8-23(3)4/h5-7H,8-9H2,1-4H3,(H2,19,20,21,25). The number of aromatic nitrogens is 4. The molecule has 0 aliphatic rings. The van der Waals surface area contributed by atoms with Crippen LogP contribution in [0.5, 0.6) is 0 Å². The zero-order valence-corrected chi connectivity index (χ0v) is 15.9. The second-order valence-corrected chi connectivity index (χ2v) is 6.76. The molecule has 3 heterocycles. The van der Waals surface area contributed by atoms with E-state index in [2.05, 4.69) is 20.6 Å². The van der Waals surface area contributed by atoms with Crippen LogP contribution in [0.1, 0.15) is 33.4 Å². The first kappa shape index (κ1) is 18.2. The van der Waals surface area contributed by atoms with Gasteiger partial charge in [0.05, 0.1) is 28.6 Å². The molecule has 0 unspecified atom stereocenters. The van der Waals surface area contributed by atoms with E-state index in [1.54, 1.807) is 22.9 Å². The lowest BCUT2D eigenvalue weighted by Crippen LogP contribution is -2.11. The lowest BCUT2D eigenvalue weighted by Gasteiger charge is -2.05. The third-order valence-corrected chi connectivity index (χ3v) is 4.39. The number of anilines is 1. The number of nitrogens with zero attached hydrogens (tertiary/aromatic N) is 4. The Morgan fingerprint density at radius 2 is 2.15 bits per heavy atom. The van der Waals surface area contributed by atoms with E-state index in [0.29, 0.717) is 29.7 Å². The van der Waals surface area contributed by atoms with Crippen LogP contribution in [0, 0.1) is 13.8 Å². The van der Waals surface area contributed by atoms with Crippen LogP contribution in [-0.2, 0) is 13.1 Å². The van der Waals surface area contributed by atoms with Crippen LogP contribution < -0.4 is 5.32 Å². The molecular formula is C17H21ClN6O2. The Balaban J connectivity index is 1.66. The minimum absolute atomic E-state index is 0.213. The maximum Gasteiger partial charge on any atom is 0.292 e. The largest absolute Gasteiger partial charge is 0.454 e. The molecule has 0 radical (unpaired) electrons. The Bertz CT molecular complexity index is 924. The molecular weight excluding hydrogens is 356 g/mol. The average molecular weight is 377 g/mol. The summed E-state index contributed by atoms with van der Waals surface area (Å²) in [6.45, 7) is 4.85. The van der Waals surface area contributed by atoms with E-state index >= 15 is 0 Å². The first-order chi connectivity index (χ1) is 12.3. The Labute approximate surface area is 156 Å². The van der Waals surface area contributed by atoms with Gasteiger partial charge in [-0.05, 0) is 40.1 Å². The van der Waals surface area contributed by atoms with Crippen molar-refractivity contribution in [3.05, 3.63) is 51.8 Å². The minimum atomic E-state index is -0.356. The SMILES string of the molecule is Cc1nn(Cc2ccc(C(=O)Nc3cc(CN(C)C)[nH]n3)o2)c(C)c1Cl. The van der Waals surface area contributed by atoms with Crippen molar-refractivity contribution in [2.75, 3.05) is 19.4 Å². The molecule has 0 aromatic carbocycles. The van der Waals surface area contributed by atoms with Crippen LogP contribution in [0.15, 0.2) is 22.6 Å². The van der Waals surface area contributed by atoms with Gasteiger partial charge in [0.15, 0.2) is 11.6 Å². The number of H-pyrrole nitrogens is 1. The summed E-state index contributed by atoms with van der Waals surface area (Å²) in [7, 11) is 3.92. The lowest BCUT2D eigenvalue weighted by molar-refractivity contribution is 0.0994. The summed E-state index contributed by atoms with van der Waals surface area (Å²) in [6.07, 6.45) is 0. The smallest absolute Gasteiger partial charge is 0.292 e. The van der Waals surface area contributed by atoms with Crippen LogP contribution in [-0.4, -0.2) is 44.9 Å². The summed E-state index contributed by atoms with van der Waals surface area (Å²) in [5.41, 5.74) is 2.53. The fourth-order valence-electron chi connectivity index (χ4n) is 2.59. The number of amides is 1. The second kappa shape index (κ2) is 7.35.